The van der Waals surface area contributed by atoms with Gasteiger partial charge in [0.25, 0.3) is 0 Å². The van der Waals surface area contributed by atoms with E-state index in [1.165, 1.54) is 30.5 Å². The fourth-order valence-electron chi connectivity index (χ4n) is 4.97. The van der Waals surface area contributed by atoms with Crippen molar-refractivity contribution in [1.29, 1.82) is 0 Å². The molecule has 0 saturated carbocycles. The van der Waals surface area contributed by atoms with Gasteiger partial charge in [-0.15, -0.1) is 0 Å². The molecule has 150 valence electrons. The van der Waals surface area contributed by atoms with E-state index in [2.05, 4.69) is 33.2 Å². The molecule has 3 saturated heterocycles. The van der Waals surface area contributed by atoms with E-state index in [0.717, 1.165) is 55.1 Å². The second-order valence-electron chi connectivity index (χ2n) is 8.50. The maximum atomic E-state index is 5.77. The Labute approximate surface area is 166 Å². The minimum atomic E-state index is 0.604. The van der Waals surface area contributed by atoms with Gasteiger partial charge in [-0.25, -0.2) is 0 Å². The number of rotatable bonds is 4. The van der Waals surface area contributed by atoms with Crippen LogP contribution in [0.1, 0.15) is 35.4 Å². The summed E-state index contributed by atoms with van der Waals surface area (Å²) < 4.78 is 16.8. The smallest absolute Gasteiger partial charge is 0.161 e. The summed E-state index contributed by atoms with van der Waals surface area (Å²) in [6.07, 6.45) is 2.62. The van der Waals surface area contributed by atoms with Crippen LogP contribution < -0.4 is 9.47 Å². The average molecular weight is 383 g/mol. The van der Waals surface area contributed by atoms with E-state index < -0.39 is 0 Å². The number of ether oxygens (including phenoxy) is 2. The van der Waals surface area contributed by atoms with E-state index in [4.69, 9.17) is 14.0 Å². The van der Waals surface area contributed by atoms with Crippen molar-refractivity contribution in [2.75, 3.05) is 32.8 Å². The molecule has 3 fully saturated rings. The first-order valence-corrected chi connectivity index (χ1v) is 10.4. The molecule has 28 heavy (non-hydrogen) atoms. The van der Waals surface area contributed by atoms with E-state index in [-0.39, 0.29) is 0 Å². The maximum Gasteiger partial charge on any atom is 0.161 e. The van der Waals surface area contributed by atoms with Crippen LogP contribution >= 0.6 is 0 Å². The molecule has 4 aliphatic heterocycles. The van der Waals surface area contributed by atoms with Gasteiger partial charge in [0.15, 0.2) is 11.5 Å². The Bertz CT molecular complexity index is 830. The lowest BCUT2D eigenvalue weighted by Crippen LogP contribution is -2.43. The lowest BCUT2D eigenvalue weighted by molar-refractivity contribution is 0.122. The Morgan fingerprint density at radius 2 is 1.86 bits per heavy atom. The van der Waals surface area contributed by atoms with Crippen molar-refractivity contribution in [2.45, 2.75) is 45.8 Å². The third-order valence-corrected chi connectivity index (χ3v) is 6.46. The molecule has 4 aliphatic rings. The molecule has 6 rings (SSSR count). The van der Waals surface area contributed by atoms with Crippen LogP contribution in [-0.4, -0.2) is 53.8 Å². The summed E-state index contributed by atoms with van der Waals surface area (Å²) in [7, 11) is 0. The minimum Gasteiger partial charge on any atom is -0.486 e. The SMILES string of the molecule is Cc1noc(C)c1CN1CC2CCC(C1)N(Cc1ccc3c(c1)OCCO3)C2. The first-order chi connectivity index (χ1) is 13.7. The molecule has 2 unspecified atom stereocenters. The lowest BCUT2D eigenvalue weighted by Gasteiger charge is -2.36. The third-order valence-electron chi connectivity index (χ3n) is 6.46. The van der Waals surface area contributed by atoms with Crippen molar-refractivity contribution >= 4 is 0 Å². The van der Waals surface area contributed by atoms with Crippen LogP contribution in [-0.2, 0) is 13.1 Å². The summed E-state index contributed by atoms with van der Waals surface area (Å²) in [5.74, 6) is 3.46. The molecule has 6 heteroatoms. The molecular formula is C22H29N3O3. The molecule has 5 heterocycles. The van der Waals surface area contributed by atoms with Gasteiger partial charge in [-0.05, 0) is 50.3 Å². The zero-order valence-electron chi connectivity index (χ0n) is 16.8. The predicted molar refractivity (Wildman–Crippen MR) is 106 cm³/mol. The highest BCUT2D eigenvalue weighted by Gasteiger charge is 2.35. The van der Waals surface area contributed by atoms with Crippen molar-refractivity contribution < 1.29 is 14.0 Å². The number of nitrogens with zero attached hydrogens (tertiary/aromatic N) is 3. The van der Waals surface area contributed by atoms with Crippen molar-refractivity contribution in [3.8, 4) is 11.5 Å². The maximum absolute atomic E-state index is 5.77. The Hall–Kier alpha value is -2.05. The van der Waals surface area contributed by atoms with Crippen molar-refractivity contribution in [3.05, 3.63) is 40.8 Å². The Balaban J connectivity index is 1.29. The molecule has 0 radical (unpaired) electrons. The molecule has 1 aromatic heterocycles. The average Bonchev–Trinajstić information content (AvgIpc) is 2.88. The van der Waals surface area contributed by atoms with Crippen LogP contribution in [0.15, 0.2) is 22.7 Å². The highest BCUT2D eigenvalue weighted by Crippen LogP contribution is 2.34. The van der Waals surface area contributed by atoms with Gasteiger partial charge in [-0.3, -0.25) is 9.80 Å². The van der Waals surface area contributed by atoms with Crippen LogP contribution in [0.25, 0.3) is 0 Å². The Kier molecular flexibility index (Phi) is 4.77. The molecule has 0 N–H and O–H groups in total. The van der Waals surface area contributed by atoms with Gasteiger partial charge in [0, 0.05) is 44.3 Å². The molecule has 2 aromatic rings. The first kappa shape index (κ1) is 18.0. The van der Waals surface area contributed by atoms with E-state index >= 15 is 0 Å². The van der Waals surface area contributed by atoms with Crippen molar-refractivity contribution in [1.82, 2.24) is 15.0 Å². The predicted octanol–water partition coefficient (Wildman–Crippen LogP) is 3.16. The van der Waals surface area contributed by atoms with Gasteiger partial charge in [0.1, 0.15) is 19.0 Å². The molecular weight excluding hydrogens is 354 g/mol. The summed E-state index contributed by atoms with van der Waals surface area (Å²) in [5, 5.41) is 4.13. The minimum absolute atomic E-state index is 0.604. The molecule has 1 aromatic carbocycles. The summed E-state index contributed by atoms with van der Waals surface area (Å²) in [4.78, 5) is 5.28. The number of aromatic nitrogens is 1. The molecule has 0 spiro atoms. The van der Waals surface area contributed by atoms with Gasteiger partial charge >= 0.3 is 0 Å². The molecule has 6 nitrogen and oxygen atoms in total. The number of hydrogen-bond acceptors (Lipinski definition) is 6. The molecule has 2 bridgehead atoms. The quantitative estimate of drug-likeness (QED) is 0.808. The molecule has 0 amide bonds. The topological polar surface area (TPSA) is 51.0 Å². The normalized spacial score (nSPS) is 25.1. The zero-order valence-corrected chi connectivity index (χ0v) is 16.8. The highest BCUT2D eigenvalue weighted by molar-refractivity contribution is 5.43. The van der Waals surface area contributed by atoms with E-state index in [0.29, 0.717) is 19.3 Å². The number of hydrogen-bond donors (Lipinski definition) is 0. The monoisotopic (exact) mass is 383 g/mol. The van der Waals surface area contributed by atoms with Crippen LogP contribution in [0, 0.1) is 19.8 Å². The van der Waals surface area contributed by atoms with Crippen LogP contribution in [0.3, 0.4) is 0 Å². The standard InChI is InChI=1S/C22H29N3O3/c1-15-20(16(2)28-23-15)14-24-10-18-3-5-19(13-24)25(12-18)11-17-4-6-21-22(9-17)27-8-7-26-21/h4,6,9,18-19H,3,5,7-8,10-14H2,1-2H3. The van der Waals surface area contributed by atoms with Gasteiger partial charge in [0.05, 0.1) is 5.69 Å². The number of benzene rings is 1. The second-order valence-corrected chi connectivity index (χ2v) is 8.50. The Morgan fingerprint density at radius 3 is 2.68 bits per heavy atom. The number of aryl methyl sites for hydroxylation is 2. The van der Waals surface area contributed by atoms with Gasteiger partial charge in [-0.1, -0.05) is 11.2 Å². The second kappa shape index (κ2) is 7.41. The van der Waals surface area contributed by atoms with Crippen LogP contribution in [0.5, 0.6) is 11.5 Å². The zero-order chi connectivity index (χ0) is 19.1. The van der Waals surface area contributed by atoms with E-state index in [1.54, 1.807) is 0 Å². The Morgan fingerprint density at radius 1 is 1.00 bits per heavy atom. The summed E-state index contributed by atoms with van der Waals surface area (Å²) in [5.41, 5.74) is 3.61. The summed E-state index contributed by atoms with van der Waals surface area (Å²) >= 11 is 0. The van der Waals surface area contributed by atoms with Gasteiger partial charge < -0.3 is 14.0 Å². The number of piperidine rings is 1. The van der Waals surface area contributed by atoms with Crippen LogP contribution in [0.2, 0.25) is 0 Å². The van der Waals surface area contributed by atoms with Gasteiger partial charge in [0.2, 0.25) is 0 Å². The third kappa shape index (κ3) is 3.51. The van der Waals surface area contributed by atoms with E-state index in [1.807, 2.05) is 13.8 Å². The van der Waals surface area contributed by atoms with Crippen LogP contribution in [0.4, 0.5) is 0 Å². The highest BCUT2D eigenvalue weighted by atomic mass is 16.6. The lowest BCUT2D eigenvalue weighted by atomic mass is 9.94. The summed E-state index contributed by atoms with van der Waals surface area (Å²) in [6, 6.07) is 7.01. The molecule has 2 atom stereocenters. The fourth-order valence-corrected chi connectivity index (χ4v) is 4.97. The molecule has 0 aliphatic carbocycles. The van der Waals surface area contributed by atoms with E-state index in [9.17, 15) is 0 Å². The van der Waals surface area contributed by atoms with Crippen molar-refractivity contribution in [2.24, 2.45) is 5.92 Å². The van der Waals surface area contributed by atoms with Gasteiger partial charge in [-0.2, -0.15) is 0 Å². The fraction of sp³-hybridized carbons (Fsp3) is 0.591. The largest absolute Gasteiger partial charge is 0.486 e. The first-order valence-electron chi connectivity index (χ1n) is 10.4. The van der Waals surface area contributed by atoms with Crippen molar-refractivity contribution in [3.63, 3.8) is 0 Å². The summed E-state index contributed by atoms with van der Waals surface area (Å²) in [6.45, 7) is 10.7. The number of fused-ring (bicyclic) bond motifs is 5.